The predicted octanol–water partition coefficient (Wildman–Crippen LogP) is 2.30. The van der Waals surface area contributed by atoms with Gasteiger partial charge in [-0.15, -0.1) is 0 Å². The normalized spacial score (nSPS) is 21.5. The van der Waals surface area contributed by atoms with Gasteiger partial charge >= 0.3 is 0 Å². The molecule has 1 N–H and O–H groups in total. The number of nitrogens with one attached hydrogen (secondary N) is 1. The minimum Gasteiger partial charge on any atom is -0.340 e. The molecule has 0 radical (unpaired) electrons. The summed E-state index contributed by atoms with van der Waals surface area (Å²) in [5.41, 5.74) is 0.423. The first-order valence-electron chi connectivity index (χ1n) is 7.40. The third-order valence-electron chi connectivity index (χ3n) is 4.38. The first kappa shape index (κ1) is 14.0. The second kappa shape index (κ2) is 5.13. The van der Waals surface area contributed by atoms with Crippen LogP contribution in [0.15, 0.2) is 18.2 Å². The van der Waals surface area contributed by atoms with Gasteiger partial charge in [-0.05, 0) is 43.5 Å². The Morgan fingerprint density at radius 2 is 1.86 bits per heavy atom. The van der Waals surface area contributed by atoms with E-state index >= 15 is 0 Å². The van der Waals surface area contributed by atoms with Crippen molar-refractivity contribution < 1.29 is 14.0 Å². The monoisotopic (exact) mass is 290 g/mol. The van der Waals surface area contributed by atoms with Gasteiger partial charge in [0.2, 0.25) is 5.91 Å². The first-order chi connectivity index (χ1) is 10.00. The van der Waals surface area contributed by atoms with Crippen LogP contribution in [0.1, 0.15) is 37.7 Å². The summed E-state index contributed by atoms with van der Waals surface area (Å²) in [7, 11) is 0. The maximum atomic E-state index is 13.6. The van der Waals surface area contributed by atoms with Gasteiger partial charge in [0.15, 0.2) is 0 Å². The van der Waals surface area contributed by atoms with Gasteiger partial charge in [-0.25, -0.2) is 4.39 Å². The van der Waals surface area contributed by atoms with E-state index in [1.807, 2.05) is 0 Å². The Labute approximate surface area is 123 Å². The minimum atomic E-state index is -0.784. The number of carbonyl (C=O) groups is 2. The number of rotatable bonds is 1. The molecule has 2 aliphatic rings. The molecule has 21 heavy (non-hydrogen) atoms. The molecule has 0 atom stereocenters. The van der Waals surface area contributed by atoms with Crippen molar-refractivity contribution in [2.75, 3.05) is 11.4 Å². The molecule has 1 aliphatic carbocycles. The standard InChI is InChI=1S/C16H19FN2O2/c1-11-7-12(17)9-13(8-11)19-10-14(20)18-16(15(19)21)5-3-2-4-6-16/h7-9H,2-6,10H2,1H3,(H,18,20). The fourth-order valence-corrected chi connectivity index (χ4v) is 3.41. The first-order valence-corrected chi connectivity index (χ1v) is 7.40. The Morgan fingerprint density at radius 3 is 2.52 bits per heavy atom. The molecule has 1 saturated carbocycles. The predicted molar refractivity (Wildman–Crippen MR) is 77.4 cm³/mol. The van der Waals surface area contributed by atoms with E-state index in [0.717, 1.165) is 24.8 Å². The fraction of sp³-hybridized carbons (Fsp3) is 0.500. The third-order valence-corrected chi connectivity index (χ3v) is 4.38. The summed E-state index contributed by atoms with van der Waals surface area (Å²) in [5.74, 6) is -0.660. The average molecular weight is 290 g/mol. The smallest absolute Gasteiger partial charge is 0.253 e. The van der Waals surface area contributed by atoms with Crippen molar-refractivity contribution in [3.63, 3.8) is 0 Å². The number of anilines is 1. The molecule has 1 heterocycles. The second-order valence-corrected chi connectivity index (χ2v) is 6.07. The van der Waals surface area contributed by atoms with E-state index in [1.165, 1.54) is 17.0 Å². The molecule has 4 nitrogen and oxygen atoms in total. The Balaban J connectivity index is 1.97. The van der Waals surface area contributed by atoms with Crippen LogP contribution in [0.3, 0.4) is 0 Å². The molecule has 1 aliphatic heterocycles. The summed E-state index contributed by atoms with van der Waals surface area (Å²) in [5, 5.41) is 2.89. The van der Waals surface area contributed by atoms with Crippen molar-refractivity contribution in [1.82, 2.24) is 5.32 Å². The zero-order valence-corrected chi connectivity index (χ0v) is 12.1. The van der Waals surface area contributed by atoms with E-state index in [9.17, 15) is 14.0 Å². The van der Waals surface area contributed by atoms with Crippen LogP contribution in [0, 0.1) is 12.7 Å². The van der Waals surface area contributed by atoms with Gasteiger partial charge in [-0.1, -0.05) is 19.3 Å². The van der Waals surface area contributed by atoms with Gasteiger partial charge in [0, 0.05) is 5.69 Å². The average Bonchev–Trinajstić information content (AvgIpc) is 2.43. The van der Waals surface area contributed by atoms with E-state index < -0.39 is 5.54 Å². The van der Waals surface area contributed by atoms with Crippen LogP contribution >= 0.6 is 0 Å². The van der Waals surface area contributed by atoms with Gasteiger partial charge in [-0.2, -0.15) is 0 Å². The van der Waals surface area contributed by atoms with Crippen LogP contribution in [0.5, 0.6) is 0 Å². The molecule has 1 spiro atoms. The van der Waals surface area contributed by atoms with Gasteiger partial charge in [0.1, 0.15) is 17.9 Å². The molecule has 1 aromatic rings. The Hall–Kier alpha value is -1.91. The van der Waals surface area contributed by atoms with Crippen molar-refractivity contribution in [3.05, 3.63) is 29.6 Å². The fourth-order valence-electron chi connectivity index (χ4n) is 3.41. The Morgan fingerprint density at radius 1 is 1.14 bits per heavy atom. The highest BCUT2D eigenvalue weighted by Gasteiger charge is 2.47. The quantitative estimate of drug-likeness (QED) is 0.863. The number of piperazine rings is 1. The van der Waals surface area contributed by atoms with Gasteiger partial charge in [-0.3, -0.25) is 9.59 Å². The molecule has 2 fully saturated rings. The maximum absolute atomic E-state index is 13.6. The lowest BCUT2D eigenvalue weighted by atomic mass is 9.79. The second-order valence-electron chi connectivity index (χ2n) is 6.07. The van der Waals surface area contributed by atoms with Crippen LogP contribution in [-0.4, -0.2) is 23.9 Å². The molecule has 5 heteroatoms. The van der Waals surface area contributed by atoms with Gasteiger partial charge < -0.3 is 10.2 Å². The van der Waals surface area contributed by atoms with Crippen molar-refractivity contribution >= 4 is 17.5 Å². The molecule has 0 aromatic heterocycles. The van der Waals surface area contributed by atoms with E-state index in [1.54, 1.807) is 13.0 Å². The SMILES string of the molecule is Cc1cc(F)cc(N2CC(=O)NC3(CCCCC3)C2=O)c1. The number of benzene rings is 1. The van der Waals surface area contributed by atoms with Crippen molar-refractivity contribution in [1.29, 1.82) is 0 Å². The molecule has 0 bridgehead atoms. The van der Waals surface area contributed by atoms with E-state index in [2.05, 4.69) is 5.32 Å². The molecule has 1 saturated heterocycles. The Bertz CT molecular complexity index is 574. The topological polar surface area (TPSA) is 49.4 Å². The molecular weight excluding hydrogens is 271 g/mol. The third kappa shape index (κ3) is 2.52. The van der Waals surface area contributed by atoms with Crippen molar-refractivity contribution in [2.24, 2.45) is 0 Å². The zero-order valence-electron chi connectivity index (χ0n) is 12.1. The van der Waals surface area contributed by atoms with Crippen LogP contribution in [0.25, 0.3) is 0 Å². The summed E-state index contributed by atoms with van der Waals surface area (Å²) in [4.78, 5) is 26.3. The van der Waals surface area contributed by atoms with Gasteiger partial charge in [0.25, 0.3) is 5.91 Å². The number of aryl methyl sites for hydroxylation is 1. The largest absolute Gasteiger partial charge is 0.340 e. The molecule has 1 aromatic carbocycles. The van der Waals surface area contributed by atoms with Crippen LogP contribution in [-0.2, 0) is 9.59 Å². The highest BCUT2D eigenvalue weighted by Crippen LogP contribution is 2.34. The molecule has 112 valence electrons. The highest BCUT2D eigenvalue weighted by atomic mass is 19.1. The highest BCUT2D eigenvalue weighted by molar-refractivity contribution is 6.09. The molecule has 2 amide bonds. The lowest BCUT2D eigenvalue weighted by molar-refractivity contribution is -0.137. The number of nitrogens with zero attached hydrogens (tertiary/aromatic N) is 1. The summed E-state index contributed by atoms with van der Waals surface area (Å²) < 4.78 is 13.6. The molecular formula is C16H19FN2O2. The zero-order chi connectivity index (χ0) is 15.0. The van der Waals surface area contributed by atoms with Crippen LogP contribution in [0.4, 0.5) is 10.1 Å². The van der Waals surface area contributed by atoms with E-state index in [-0.39, 0.29) is 24.2 Å². The molecule has 3 rings (SSSR count). The number of amides is 2. The lowest BCUT2D eigenvalue weighted by Crippen LogP contribution is -2.67. The number of hydrogen-bond donors (Lipinski definition) is 1. The van der Waals surface area contributed by atoms with Crippen LogP contribution < -0.4 is 10.2 Å². The Kier molecular flexibility index (Phi) is 3.43. The van der Waals surface area contributed by atoms with Crippen molar-refractivity contribution in [3.8, 4) is 0 Å². The minimum absolute atomic E-state index is 0.0382. The summed E-state index contributed by atoms with van der Waals surface area (Å²) in [6.45, 7) is 1.74. The summed E-state index contributed by atoms with van der Waals surface area (Å²) in [6, 6.07) is 4.48. The maximum Gasteiger partial charge on any atom is 0.253 e. The van der Waals surface area contributed by atoms with Gasteiger partial charge in [0.05, 0.1) is 0 Å². The van der Waals surface area contributed by atoms with Crippen LogP contribution in [0.2, 0.25) is 0 Å². The van der Waals surface area contributed by atoms with E-state index in [0.29, 0.717) is 18.5 Å². The summed E-state index contributed by atoms with van der Waals surface area (Å²) in [6.07, 6.45) is 4.29. The summed E-state index contributed by atoms with van der Waals surface area (Å²) >= 11 is 0. The molecule has 0 unspecified atom stereocenters. The van der Waals surface area contributed by atoms with E-state index in [4.69, 9.17) is 0 Å². The number of carbonyl (C=O) groups excluding carboxylic acids is 2. The number of halogens is 1. The number of hydrogen-bond acceptors (Lipinski definition) is 2. The lowest BCUT2D eigenvalue weighted by Gasteiger charge is -2.44. The van der Waals surface area contributed by atoms with Crippen molar-refractivity contribution in [2.45, 2.75) is 44.6 Å².